The van der Waals surface area contributed by atoms with Gasteiger partial charge < -0.3 is 29.2 Å². The lowest BCUT2D eigenvalue weighted by molar-refractivity contribution is -0.142. The number of carbonyl (C=O) groups is 2. The number of hydrogen-bond donors (Lipinski definition) is 1. The molecule has 0 unspecified atom stereocenters. The van der Waals surface area contributed by atoms with Crippen molar-refractivity contribution in [2.75, 3.05) is 34.5 Å². The van der Waals surface area contributed by atoms with Crippen molar-refractivity contribution in [2.45, 2.75) is 38.8 Å². The fourth-order valence-corrected chi connectivity index (χ4v) is 4.12. The molecule has 0 radical (unpaired) electrons. The molecule has 208 valence electrons. The van der Waals surface area contributed by atoms with Crippen molar-refractivity contribution >= 4 is 11.8 Å². The molecule has 8 heteroatoms. The van der Waals surface area contributed by atoms with E-state index in [1.54, 1.807) is 44.4 Å². The first-order valence-corrected chi connectivity index (χ1v) is 13.1. The highest BCUT2D eigenvalue weighted by Gasteiger charge is 2.30. The lowest BCUT2D eigenvalue weighted by Gasteiger charge is -2.31. The van der Waals surface area contributed by atoms with Crippen molar-refractivity contribution in [2.24, 2.45) is 0 Å². The lowest BCUT2D eigenvalue weighted by atomic mass is 10.0. The van der Waals surface area contributed by atoms with E-state index in [1.165, 1.54) is 0 Å². The highest BCUT2D eigenvalue weighted by atomic mass is 16.5. The van der Waals surface area contributed by atoms with Crippen molar-refractivity contribution in [1.82, 2.24) is 10.2 Å². The van der Waals surface area contributed by atoms with Gasteiger partial charge >= 0.3 is 0 Å². The molecule has 0 aromatic heterocycles. The Morgan fingerprint density at radius 1 is 0.795 bits per heavy atom. The van der Waals surface area contributed by atoms with Crippen LogP contribution in [0.4, 0.5) is 0 Å². The monoisotopic (exact) mass is 534 g/mol. The second-order valence-corrected chi connectivity index (χ2v) is 9.06. The lowest BCUT2D eigenvalue weighted by Crippen LogP contribution is -2.51. The summed E-state index contributed by atoms with van der Waals surface area (Å²) in [6, 6.07) is 21.5. The number of hydrogen-bond acceptors (Lipinski definition) is 6. The third-order valence-corrected chi connectivity index (χ3v) is 6.27. The van der Waals surface area contributed by atoms with Gasteiger partial charge in [-0.3, -0.25) is 9.59 Å². The normalized spacial score (nSPS) is 11.3. The Hall–Kier alpha value is -4.20. The van der Waals surface area contributed by atoms with Gasteiger partial charge in [0.15, 0.2) is 6.61 Å². The third-order valence-electron chi connectivity index (χ3n) is 6.27. The zero-order valence-electron chi connectivity index (χ0n) is 23.1. The molecule has 2 amide bonds. The van der Waals surface area contributed by atoms with Gasteiger partial charge in [-0.25, -0.2) is 0 Å². The van der Waals surface area contributed by atoms with Gasteiger partial charge in [0.25, 0.3) is 5.91 Å². The number of nitrogens with zero attached hydrogens (tertiary/aromatic N) is 1. The molecule has 3 rings (SSSR count). The molecule has 0 fully saturated rings. The van der Waals surface area contributed by atoms with Crippen LogP contribution in [-0.2, 0) is 22.6 Å². The molecule has 3 aromatic carbocycles. The third kappa shape index (κ3) is 8.95. The number of amides is 2. The van der Waals surface area contributed by atoms with Crippen molar-refractivity contribution in [3.63, 3.8) is 0 Å². The predicted octanol–water partition coefficient (Wildman–Crippen LogP) is 4.65. The molecule has 0 saturated heterocycles. The van der Waals surface area contributed by atoms with Crippen LogP contribution in [0.1, 0.15) is 30.9 Å². The molecule has 0 spiro atoms. The van der Waals surface area contributed by atoms with Crippen molar-refractivity contribution in [3.05, 3.63) is 83.9 Å². The van der Waals surface area contributed by atoms with Crippen LogP contribution in [-0.4, -0.2) is 57.2 Å². The van der Waals surface area contributed by atoms with Gasteiger partial charge in [-0.1, -0.05) is 55.8 Å². The van der Waals surface area contributed by atoms with E-state index < -0.39 is 6.04 Å². The Balaban J connectivity index is 1.92. The molecule has 39 heavy (non-hydrogen) atoms. The maximum Gasteiger partial charge on any atom is 0.261 e. The zero-order valence-corrected chi connectivity index (χ0v) is 23.1. The van der Waals surface area contributed by atoms with Gasteiger partial charge in [-0.2, -0.15) is 0 Å². The summed E-state index contributed by atoms with van der Waals surface area (Å²) in [5.74, 6) is 1.65. The first-order valence-electron chi connectivity index (χ1n) is 13.1. The van der Waals surface area contributed by atoms with Gasteiger partial charge in [-0.15, -0.1) is 0 Å². The summed E-state index contributed by atoms with van der Waals surface area (Å²) >= 11 is 0. The van der Waals surface area contributed by atoms with Crippen molar-refractivity contribution in [3.8, 4) is 23.0 Å². The zero-order chi connectivity index (χ0) is 28.0. The van der Waals surface area contributed by atoms with Crippen LogP contribution in [0.2, 0.25) is 0 Å². The minimum Gasteiger partial charge on any atom is -0.497 e. The molecular formula is C31H38N2O6. The average Bonchev–Trinajstić information content (AvgIpc) is 2.98. The second-order valence-electron chi connectivity index (χ2n) is 9.06. The van der Waals surface area contributed by atoms with E-state index in [0.29, 0.717) is 36.0 Å². The molecular weight excluding hydrogens is 496 g/mol. The minimum atomic E-state index is -0.744. The van der Waals surface area contributed by atoms with E-state index in [2.05, 4.69) is 12.2 Å². The number of nitrogens with one attached hydrogen (secondary N) is 1. The number of benzene rings is 3. The van der Waals surface area contributed by atoms with E-state index >= 15 is 0 Å². The van der Waals surface area contributed by atoms with Gasteiger partial charge in [0.1, 0.15) is 29.0 Å². The summed E-state index contributed by atoms with van der Waals surface area (Å²) in [6.07, 6.45) is 2.17. The summed E-state index contributed by atoms with van der Waals surface area (Å²) in [4.78, 5) is 28.9. The molecule has 0 bridgehead atoms. The SMILES string of the molecule is CCCCNC(=O)[C@@H](Cc1ccccc1)N(Cc1cccc(OC)c1)C(=O)COc1cc(OC)cc(OC)c1. The quantitative estimate of drug-likeness (QED) is 0.286. The van der Waals surface area contributed by atoms with Crippen LogP contribution in [0, 0.1) is 0 Å². The van der Waals surface area contributed by atoms with Gasteiger partial charge in [0, 0.05) is 37.7 Å². The van der Waals surface area contributed by atoms with E-state index in [-0.39, 0.29) is 25.0 Å². The van der Waals surface area contributed by atoms with Crippen molar-refractivity contribution in [1.29, 1.82) is 0 Å². The van der Waals surface area contributed by atoms with Crippen LogP contribution in [0.5, 0.6) is 23.0 Å². The molecule has 0 aliphatic heterocycles. The number of methoxy groups -OCH3 is 3. The molecule has 0 aliphatic carbocycles. The first-order chi connectivity index (χ1) is 19.0. The topological polar surface area (TPSA) is 86.3 Å². The maximum atomic E-state index is 13.8. The summed E-state index contributed by atoms with van der Waals surface area (Å²) in [5, 5.41) is 3.02. The Morgan fingerprint density at radius 3 is 2.08 bits per heavy atom. The molecule has 0 saturated carbocycles. The Morgan fingerprint density at radius 2 is 1.44 bits per heavy atom. The van der Waals surface area contributed by atoms with Crippen LogP contribution in [0.15, 0.2) is 72.8 Å². The smallest absolute Gasteiger partial charge is 0.261 e. The first kappa shape index (κ1) is 29.4. The van der Waals surface area contributed by atoms with Crippen LogP contribution in [0.25, 0.3) is 0 Å². The average molecular weight is 535 g/mol. The highest BCUT2D eigenvalue weighted by Crippen LogP contribution is 2.27. The molecule has 8 nitrogen and oxygen atoms in total. The Labute approximate surface area is 230 Å². The maximum absolute atomic E-state index is 13.8. The predicted molar refractivity (Wildman–Crippen MR) is 150 cm³/mol. The Bertz CT molecular complexity index is 1180. The fourth-order valence-electron chi connectivity index (χ4n) is 4.12. The minimum absolute atomic E-state index is 0.202. The molecule has 0 heterocycles. The molecule has 1 atom stereocenters. The summed E-state index contributed by atoms with van der Waals surface area (Å²) in [7, 11) is 4.69. The van der Waals surface area contributed by atoms with E-state index in [9.17, 15) is 9.59 Å². The fraction of sp³-hybridized carbons (Fsp3) is 0.355. The van der Waals surface area contributed by atoms with Gasteiger partial charge in [0.2, 0.25) is 5.91 Å². The number of unbranched alkanes of at least 4 members (excludes halogenated alkanes) is 1. The van der Waals surface area contributed by atoms with Crippen LogP contribution >= 0.6 is 0 Å². The summed E-state index contributed by atoms with van der Waals surface area (Å²) in [6.45, 7) is 2.55. The number of ether oxygens (including phenoxy) is 4. The van der Waals surface area contributed by atoms with E-state index in [4.69, 9.17) is 18.9 Å². The standard InChI is InChI=1S/C31H38N2O6/c1-5-6-15-32-31(35)29(17-23-11-8-7-9-12-23)33(21-24-13-10-14-25(16-24)36-2)30(34)22-39-28-19-26(37-3)18-27(20-28)38-4/h7-14,16,18-20,29H,5-6,15,17,21-22H2,1-4H3,(H,32,35)/t29-/m1/s1. The molecule has 3 aromatic rings. The van der Waals surface area contributed by atoms with Crippen LogP contribution in [0.3, 0.4) is 0 Å². The highest BCUT2D eigenvalue weighted by molar-refractivity contribution is 5.88. The Kier molecular flexibility index (Phi) is 11.5. The number of rotatable bonds is 15. The summed E-state index contributed by atoms with van der Waals surface area (Å²) < 4.78 is 21.9. The van der Waals surface area contributed by atoms with Gasteiger partial charge in [0.05, 0.1) is 21.3 Å². The summed E-state index contributed by atoms with van der Waals surface area (Å²) in [5.41, 5.74) is 1.79. The second kappa shape index (κ2) is 15.3. The van der Waals surface area contributed by atoms with Crippen LogP contribution < -0.4 is 24.3 Å². The number of carbonyl (C=O) groups excluding carboxylic acids is 2. The van der Waals surface area contributed by atoms with E-state index in [1.807, 2.05) is 54.6 Å². The molecule has 0 aliphatic rings. The largest absolute Gasteiger partial charge is 0.497 e. The van der Waals surface area contributed by atoms with Gasteiger partial charge in [-0.05, 0) is 29.7 Å². The molecule has 1 N–H and O–H groups in total. The van der Waals surface area contributed by atoms with E-state index in [0.717, 1.165) is 24.0 Å². The van der Waals surface area contributed by atoms with Crippen molar-refractivity contribution < 1.29 is 28.5 Å².